The third-order valence-electron chi connectivity index (χ3n) is 3.80. The van der Waals surface area contributed by atoms with E-state index in [4.69, 9.17) is 5.73 Å². The van der Waals surface area contributed by atoms with Crippen LogP contribution in [0.25, 0.3) is 0 Å². The summed E-state index contributed by atoms with van der Waals surface area (Å²) in [7, 11) is -3.47. The van der Waals surface area contributed by atoms with Crippen LogP contribution in [0, 0.1) is 6.92 Å². The maximum absolute atomic E-state index is 12.5. The average molecular weight is 304 g/mol. The topological polar surface area (TPSA) is 72.2 Å². The van der Waals surface area contributed by atoms with Gasteiger partial charge in [0.2, 0.25) is 10.0 Å². The second-order valence-corrected chi connectivity index (χ2v) is 7.78. The molecule has 0 saturated carbocycles. The van der Waals surface area contributed by atoms with Crippen LogP contribution in [-0.4, -0.2) is 14.0 Å². The lowest BCUT2D eigenvalue weighted by molar-refractivity contribution is 0.341. The van der Waals surface area contributed by atoms with Gasteiger partial charge in [0, 0.05) is 21.8 Å². The van der Waals surface area contributed by atoms with Gasteiger partial charge in [0.1, 0.15) is 0 Å². The van der Waals surface area contributed by atoms with E-state index in [9.17, 15) is 8.42 Å². The van der Waals surface area contributed by atoms with Gasteiger partial charge in [-0.05, 0) is 32.3 Å². The van der Waals surface area contributed by atoms with Crippen LogP contribution in [0.2, 0.25) is 0 Å². The summed E-state index contributed by atoms with van der Waals surface area (Å²) >= 11 is 1.45. The van der Waals surface area contributed by atoms with Crippen LogP contribution in [0.3, 0.4) is 0 Å². The van der Waals surface area contributed by atoms with Crippen LogP contribution in [0.4, 0.5) is 0 Å². The van der Waals surface area contributed by atoms with Crippen LogP contribution in [0.5, 0.6) is 0 Å². The molecule has 0 amide bonds. The summed E-state index contributed by atoms with van der Waals surface area (Å²) in [6, 6.07) is 1.69. The summed E-state index contributed by atoms with van der Waals surface area (Å²) in [5.74, 6) is 0. The van der Waals surface area contributed by atoms with Crippen molar-refractivity contribution in [1.82, 2.24) is 4.72 Å². The van der Waals surface area contributed by atoms with E-state index in [0.717, 1.165) is 29.0 Å². The first-order valence-electron chi connectivity index (χ1n) is 6.67. The van der Waals surface area contributed by atoms with Crippen molar-refractivity contribution < 1.29 is 8.42 Å². The Kier molecular flexibility index (Phi) is 5.55. The first kappa shape index (κ1) is 16.6. The molecular formula is C13H24N2O2S2. The van der Waals surface area contributed by atoms with E-state index >= 15 is 0 Å². The molecule has 1 rings (SSSR count). The summed E-state index contributed by atoms with van der Waals surface area (Å²) in [6.45, 7) is 8.25. The summed E-state index contributed by atoms with van der Waals surface area (Å²) in [5.41, 5.74) is 5.23. The standard InChI is InChI=1S/C13H24N2O2S2/c1-5-13(6-2,7-3)15-19(16,17)12-8-11(9-14)18-10(12)4/h8,15H,5-7,9,14H2,1-4H3. The van der Waals surface area contributed by atoms with Crippen LogP contribution in [-0.2, 0) is 16.6 Å². The number of nitrogens with one attached hydrogen (secondary N) is 1. The summed E-state index contributed by atoms with van der Waals surface area (Å²) in [6.07, 6.45) is 2.35. The van der Waals surface area contributed by atoms with Gasteiger partial charge < -0.3 is 5.73 Å². The lowest BCUT2D eigenvalue weighted by atomic mass is 9.91. The minimum Gasteiger partial charge on any atom is -0.326 e. The maximum Gasteiger partial charge on any atom is 0.242 e. The Hall–Kier alpha value is -0.430. The molecule has 0 aromatic carbocycles. The van der Waals surface area contributed by atoms with Crippen molar-refractivity contribution in [3.63, 3.8) is 0 Å². The molecule has 1 aromatic rings. The fourth-order valence-electron chi connectivity index (χ4n) is 2.20. The normalized spacial score (nSPS) is 12.9. The monoisotopic (exact) mass is 304 g/mol. The van der Waals surface area contributed by atoms with Crippen LogP contribution < -0.4 is 10.5 Å². The number of hydrogen-bond acceptors (Lipinski definition) is 4. The van der Waals surface area contributed by atoms with Crippen molar-refractivity contribution in [3.05, 3.63) is 15.8 Å². The highest BCUT2D eigenvalue weighted by Gasteiger charge is 2.31. The van der Waals surface area contributed by atoms with E-state index in [2.05, 4.69) is 4.72 Å². The molecule has 0 radical (unpaired) electrons. The van der Waals surface area contributed by atoms with Gasteiger partial charge in [-0.3, -0.25) is 0 Å². The van der Waals surface area contributed by atoms with Gasteiger partial charge in [0.15, 0.2) is 0 Å². The zero-order valence-corrected chi connectivity index (χ0v) is 13.7. The molecule has 4 nitrogen and oxygen atoms in total. The Balaban J connectivity index is 3.13. The molecule has 0 atom stereocenters. The van der Waals surface area contributed by atoms with E-state index in [1.54, 1.807) is 6.07 Å². The van der Waals surface area contributed by atoms with Crippen molar-refractivity contribution >= 4 is 21.4 Å². The molecule has 0 aliphatic carbocycles. The predicted octanol–water partition coefficient (Wildman–Crippen LogP) is 2.76. The molecule has 1 aromatic heterocycles. The maximum atomic E-state index is 12.5. The van der Waals surface area contributed by atoms with Crippen molar-refractivity contribution in [2.45, 2.75) is 63.9 Å². The molecule has 6 heteroatoms. The summed E-state index contributed by atoms with van der Waals surface area (Å²) in [4.78, 5) is 2.07. The molecule has 0 bridgehead atoms. The Morgan fingerprint density at radius 1 is 1.26 bits per heavy atom. The van der Waals surface area contributed by atoms with Crippen LogP contribution >= 0.6 is 11.3 Å². The van der Waals surface area contributed by atoms with Gasteiger partial charge in [0.25, 0.3) is 0 Å². The highest BCUT2D eigenvalue weighted by molar-refractivity contribution is 7.89. The molecule has 0 aliphatic heterocycles. The number of aryl methyl sites for hydroxylation is 1. The van der Waals surface area contributed by atoms with Gasteiger partial charge >= 0.3 is 0 Å². The Bertz CT molecular complexity index is 508. The molecule has 0 aliphatic rings. The zero-order chi connectivity index (χ0) is 14.7. The van der Waals surface area contributed by atoms with E-state index < -0.39 is 10.0 Å². The first-order chi connectivity index (χ1) is 8.84. The number of nitrogens with two attached hydrogens (primary N) is 1. The van der Waals surface area contributed by atoms with E-state index in [-0.39, 0.29) is 5.54 Å². The van der Waals surface area contributed by atoms with E-state index in [1.807, 2.05) is 27.7 Å². The van der Waals surface area contributed by atoms with Crippen LogP contribution in [0.1, 0.15) is 49.8 Å². The van der Waals surface area contributed by atoms with Gasteiger partial charge in [-0.15, -0.1) is 11.3 Å². The second-order valence-electron chi connectivity index (χ2n) is 4.78. The highest BCUT2D eigenvalue weighted by Crippen LogP contribution is 2.28. The number of thiophene rings is 1. The van der Waals surface area contributed by atoms with Crippen molar-refractivity contribution in [2.75, 3.05) is 0 Å². The molecular weight excluding hydrogens is 280 g/mol. The molecule has 0 unspecified atom stereocenters. The van der Waals surface area contributed by atoms with Gasteiger partial charge in [-0.2, -0.15) is 0 Å². The lowest BCUT2D eigenvalue weighted by Gasteiger charge is -2.31. The quantitative estimate of drug-likeness (QED) is 0.813. The fraction of sp³-hybridized carbons (Fsp3) is 0.692. The fourth-order valence-corrected chi connectivity index (χ4v) is 5.33. The van der Waals surface area contributed by atoms with Crippen LogP contribution in [0.15, 0.2) is 11.0 Å². The molecule has 110 valence electrons. The Morgan fingerprint density at radius 2 is 1.79 bits per heavy atom. The SMILES string of the molecule is CCC(CC)(CC)NS(=O)(=O)c1cc(CN)sc1C. The van der Waals surface area contributed by atoms with E-state index in [0.29, 0.717) is 11.4 Å². The molecule has 19 heavy (non-hydrogen) atoms. The minimum absolute atomic E-state index is 0.351. The molecule has 0 saturated heterocycles. The summed E-state index contributed by atoms with van der Waals surface area (Å²) in [5, 5.41) is 0. The minimum atomic E-state index is -3.47. The predicted molar refractivity (Wildman–Crippen MR) is 80.9 cm³/mol. The van der Waals surface area contributed by atoms with Crippen molar-refractivity contribution in [1.29, 1.82) is 0 Å². The number of rotatable bonds is 7. The third kappa shape index (κ3) is 3.56. The van der Waals surface area contributed by atoms with Gasteiger partial charge in [-0.1, -0.05) is 20.8 Å². The largest absolute Gasteiger partial charge is 0.326 e. The molecule has 0 spiro atoms. The van der Waals surface area contributed by atoms with Gasteiger partial charge in [-0.25, -0.2) is 13.1 Å². The number of hydrogen-bond donors (Lipinski definition) is 2. The van der Waals surface area contributed by atoms with E-state index in [1.165, 1.54) is 11.3 Å². The molecule has 0 fully saturated rings. The summed E-state index contributed by atoms with van der Waals surface area (Å²) < 4.78 is 27.9. The highest BCUT2D eigenvalue weighted by atomic mass is 32.2. The average Bonchev–Trinajstić information content (AvgIpc) is 2.78. The Labute approximate surface area is 120 Å². The third-order valence-corrected chi connectivity index (χ3v) is 6.70. The number of sulfonamides is 1. The zero-order valence-electron chi connectivity index (χ0n) is 12.1. The smallest absolute Gasteiger partial charge is 0.242 e. The van der Waals surface area contributed by atoms with Crippen molar-refractivity contribution in [3.8, 4) is 0 Å². The molecule has 1 heterocycles. The van der Waals surface area contributed by atoms with Gasteiger partial charge in [0.05, 0.1) is 4.90 Å². The lowest BCUT2D eigenvalue weighted by Crippen LogP contribution is -2.47. The second kappa shape index (κ2) is 6.35. The Morgan fingerprint density at radius 3 is 2.16 bits per heavy atom. The molecule has 3 N–H and O–H groups in total. The van der Waals surface area contributed by atoms with Crippen molar-refractivity contribution in [2.24, 2.45) is 5.73 Å². The first-order valence-corrected chi connectivity index (χ1v) is 8.97.